The van der Waals surface area contributed by atoms with E-state index in [4.69, 9.17) is 20.7 Å². The highest BCUT2D eigenvalue weighted by Gasteiger charge is 2.56. The van der Waals surface area contributed by atoms with Crippen LogP contribution in [0.1, 0.15) is 58.1 Å². The normalized spacial score (nSPS) is 25.6. The minimum absolute atomic E-state index is 0.0331. The number of carbonyl (C=O) groups is 1. The molecule has 0 aliphatic carbocycles. The van der Waals surface area contributed by atoms with E-state index >= 15 is 0 Å². The molecule has 1 aromatic heterocycles. The minimum atomic E-state index is -2.09. The third-order valence-corrected chi connectivity index (χ3v) is 4.92. The number of azide groups is 1. The summed E-state index contributed by atoms with van der Waals surface area (Å²) in [6, 6.07) is 1.30. The van der Waals surface area contributed by atoms with Crippen molar-refractivity contribution < 1.29 is 24.5 Å². The molecule has 12 nitrogen and oxygen atoms in total. The lowest BCUT2D eigenvalue weighted by molar-refractivity contribution is -0.165. The SMILES string of the molecule is CCCCCCCCC(=O)OC[C@@]1(N=[N+]=[N-])O[C@@H](n2ccc(N)nc2=O)[C@H](O)[C@@H]1O. The number of anilines is 1. The summed E-state index contributed by atoms with van der Waals surface area (Å²) >= 11 is 0. The minimum Gasteiger partial charge on any atom is -0.462 e. The number of aromatic nitrogens is 2. The molecule has 1 aliphatic rings. The largest absolute Gasteiger partial charge is 0.462 e. The average Bonchev–Trinajstić information content (AvgIpc) is 2.95. The monoisotopic (exact) mass is 424 g/mol. The molecular formula is C18H28N6O6. The van der Waals surface area contributed by atoms with E-state index in [1.807, 2.05) is 0 Å². The molecule has 0 aromatic carbocycles. The van der Waals surface area contributed by atoms with Gasteiger partial charge in [0.05, 0.1) is 0 Å². The fourth-order valence-electron chi connectivity index (χ4n) is 3.22. The molecule has 12 heteroatoms. The van der Waals surface area contributed by atoms with E-state index in [2.05, 4.69) is 21.9 Å². The van der Waals surface area contributed by atoms with Crippen LogP contribution in [0.15, 0.2) is 22.2 Å². The first-order chi connectivity index (χ1) is 14.3. The number of aliphatic hydroxyl groups is 2. The van der Waals surface area contributed by atoms with E-state index in [1.165, 1.54) is 12.3 Å². The number of unbranched alkanes of at least 4 members (excludes halogenated alkanes) is 5. The van der Waals surface area contributed by atoms with Gasteiger partial charge in [0.1, 0.15) is 24.6 Å². The molecule has 2 heterocycles. The highest BCUT2D eigenvalue weighted by Crippen LogP contribution is 2.38. The molecule has 1 aromatic rings. The Kier molecular flexibility index (Phi) is 8.60. The zero-order valence-corrected chi connectivity index (χ0v) is 16.9. The van der Waals surface area contributed by atoms with Crippen molar-refractivity contribution in [3.8, 4) is 0 Å². The van der Waals surface area contributed by atoms with Crippen molar-refractivity contribution >= 4 is 11.8 Å². The van der Waals surface area contributed by atoms with Crippen LogP contribution < -0.4 is 11.4 Å². The first kappa shape index (κ1) is 23.6. The van der Waals surface area contributed by atoms with Gasteiger partial charge in [0.25, 0.3) is 0 Å². The number of esters is 1. The van der Waals surface area contributed by atoms with Crippen LogP contribution in [-0.2, 0) is 14.3 Å². The van der Waals surface area contributed by atoms with Crippen molar-refractivity contribution in [1.29, 1.82) is 0 Å². The van der Waals surface area contributed by atoms with Crippen molar-refractivity contribution in [2.24, 2.45) is 5.11 Å². The summed E-state index contributed by atoms with van der Waals surface area (Å²) in [6.45, 7) is 1.51. The molecule has 0 radical (unpaired) electrons. The quantitative estimate of drug-likeness (QED) is 0.156. The fraction of sp³-hybridized carbons (Fsp3) is 0.722. The van der Waals surface area contributed by atoms with Gasteiger partial charge < -0.3 is 25.4 Å². The van der Waals surface area contributed by atoms with Gasteiger partial charge in [0, 0.05) is 17.5 Å². The Labute approximate surface area is 173 Å². The molecule has 4 atom stereocenters. The lowest BCUT2D eigenvalue weighted by Gasteiger charge is -2.26. The van der Waals surface area contributed by atoms with Gasteiger partial charge in [-0.25, -0.2) is 4.79 Å². The molecule has 1 aliphatic heterocycles. The fourth-order valence-corrected chi connectivity index (χ4v) is 3.22. The Morgan fingerprint density at radius 2 is 2.10 bits per heavy atom. The highest BCUT2D eigenvalue weighted by atomic mass is 16.6. The number of nitrogens with zero attached hydrogens (tertiary/aromatic N) is 5. The second-order valence-corrected chi connectivity index (χ2v) is 7.20. The standard InChI is InChI=1S/C18H28N6O6/c1-2-3-4-5-6-7-8-13(25)29-11-18(22-23-20)15(27)14(26)16(30-18)24-10-9-12(19)21-17(24)28/h9-10,14-16,26-27H,2-8,11H2,1H3,(H2,19,21,28)/t14-,15+,16-,18-/m1/s1. The summed E-state index contributed by atoms with van der Waals surface area (Å²) in [6.07, 6.45) is 2.57. The van der Waals surface area contributed by atoms with Crippen LogP contribution in [0, 0.1) is 0 Å². The van der Waals surface area contributed by atoms with Gasteiger partial charge >= 0.3 is 11.7 Å². The number of rotatable bonds is 11. The van der Waals surface area contributed by atoms with Gasteiger partial charge in [-0.3, -0.25) is 9.36 Å². The van der Waals surface area contributed by atoms with Crippen molar-refractivity contribution in [1.82, 2.24) is 9.55 Å². The second-order valence-electron chi connectivity index (χ2n) is 7.20. The molecule has 166 valence electrons. The lowest BCUT2D eigenvalue weighted by Crippen LogP contribution is -2.45. The zero-order valence-electron chi connectivity index (χ0n) is 16.9. The van der Waals surface area contributed by atoms with Crippen LogP contribution >= 0.6 is 0 Å². The van der Waals surface area contributed by atoms with E-state index in [-0.39, 0.29) is 12.2 Å². The number of ether oxygens (including phenoxy) is 2. The molecule has 0 saturated carbocycles. The molecule has 4 N–H and O–H groups in total. The molecule has 0 bridgehead atoms. The molecule has 0 spiro atoms. The van der Waals surface area contributed by atoms with Crippen molar-refractivity contribution in [2.45, 2.75) is 76.0 Å². The van der Waals surface area contributed by atoms with Gasteiger partial charge in [0.2, 0.25) is 5.72 Å². The van der Waals surface area contributed by atoms with Crippen LogP contribution in [0.2, 0.25) is 0 Å². The van der Waals surface area contributed by atoms with Crippen molar-refractivity contribution in [3.63, 3.8) is 0 Å². The predicted octanol–water partition coefficient (Wildman–Crippen LogP) is 1.38. The maximum absolute atomic E-state index is 12.0. The summed E-state index contributed by atoms with van der Waals surface area (Å²) in [5.74, 6) is -0.577. The van der Waals surface area contributed by atoms with E-state index in [1.54, 1.807) is 0 Å². The van der Waals surface area contributed by atoms with Crippen molar-refractivity contribution in [2.75, 3.05) is 12.3 Å². The maximum atomic E-state index is 12.0. The Hall–Kier alpha value is -2.66. The van der Waals surface area contributed by atoms with Gasteiger partial charge in [-0.1, -0.05) is 44.1 Å². The average molecular weight is 424 g/mol. The van der Waals surface area contributed by atoms with E-state index < -0.39 is 42.4 Å². The molecule has 1 fully saturated rings. The van der Waals surface area contributed by atoms with Gasteiger partial charge in [-0.15, -0.1) is 0 Å². The third kappa shape index (κ3) is 5.70. The highest BCUT2D eigenvalue weighted by molar-refractivity contribution is 5.69. The molecule has 2 rings (SSSR count). The van der Waals surface area contributed by atoms with Crippen LogP contribution in [0.5, 0.6) is 0 Å². The molecule has 0 amide bonds. The number of nitrogen functional groups attached to an aromatic ring is 1. The summed E-state index contributed by atoms with van der Waals surface area (Å²) in [5, 5.41) is 24.2. The summed E-state index contributed by atoms with van der Waals surface area (Å²) in [5.41, 5.74) is 11.4. The smallest absolute Gasteiger partial charge is 0.351 e. The summed E-state index contributed by atoms with van der Waals surface area (Å²) < 4.78 is 11.6. The van der Waals surface area contributed by atoms with Crippen LogP contribution in [0.25, 0.3) is 10.4 Å². The maximum Gasteiger partial charge on any atom is 0.351 e. The summed E-state index contributed by atoms with van der Waals surface area (Å²) in [7, 11) is 0. The number of carbonyl (C=O) groups excluding carboxylic acids is 1. The molecule has 30 heavy (non-hydrogen) atoms. The van der Waals surface area contributed by atoms with Crippen molar-refractivity contribution in [3.05, 3.63) is 33.2 Å². The van der Waals surface area contributed by atoms with E-state index in [9.17, 15) is 19.8 Å². The van der Waals surface area contributed by atoms with Gasteiger partial charge in [-0.05, 0) is 18.0 Å². The van der Waals surface area contributed by atoms with Gasteiger partial charge in [0.15, 0.2) is 6.23 Å². The lowest BCUT2D eigenvalue weighted by atomic mass is 10.1. The second kappa shape index (κ2) is 10.9. The number of nitrogens with two attached hydrogens (primary N) is 1. The number of hydrogen-bond donors (Lipinski definition) is 3. The number of hydrogen-bond acceptors (Lipinski definition) is 9. The Morgan fingerprint density at radius 3 is 2.77 bits per heavy atom. The molecule has 0 unspecified atom stereocenters. The van der Waals surface area contributed by atoms with E-state index in [0.717, 1.165) is 36.7 Å². The van der Waals surface area contributed by atoms with E-state index in [0.29, 0.717) is 6.42 Å². The molecular weight excluding hydrogens is 396 g/mol. The van der Waals surface area contributed by atoms with Crippen LogP contribution in [0.3, 0.4) is 0 Å². The summed E-state index contributed by atoms with van der Waals surface area (Å²) in [4.78, 5) is 30.2. The van der Waals surface area contributed by atoms with Crippen LogP contribution in [0.4, 0.5) is 5.82 Å². The zero-order chi connectivity index (χ0) is 22.1. The van der Waals surface area contributed by atoms with Crippen LogP contribution in [-0.4, -0.2) is 50.3 Å². The Bertz CT molecular complexity index is 826. The topological polar surface area (TPSA) is 186 Å². The predicted molar refractivity (Wildman–Crippen MR) is 106 cm³/mol. The Morgan fingerprint density at radius 1 is 1.40 bits per heavy atom. The Balaban J connectivity index is 2.01. The van der Waals surface area contributed by atoms with Gasteiger partial charge in [-0.2, -0.15) is 4.98 Å². The molecule has 1 saturated heterocycles. The first-order valence-electron chi connectivity index (χ1n) is 9.95. The third-order valence-electron chi connectivity index (χ3n) is 4.92. The first-order valence-corrected chi connectivity index (χ1v) is 9.95. The number of aliphatic hydroxyl groups excluding tert-OH is 2.